The molecule has 19 heavy (non-hydrogen) atoms. The fourth-order valence-corrected chi connectivity index (χ4v) is 1.62. The van der Waals surface area contributed by atoms with E-state index < -0.39 is 17.9 Å². The van der Waals surface area contributed by atoms with Crippen molar-refractivity contribution in [2.45, 2.75) is 32.1 Å². The second-order valence-corrected chi connectivity index (χ2v) is 4.08. The van der Waals surface area contributed by atoms with Crippen molar-refractivity contribution in [3.8, 4) is 0 Å². The van der Waals surface area contributed by atoms with E-state index in [-0.39, 0.29) is 11.5 Å². The molecule has 0 aliphatic heterocycles. The van der Waals surface area contributed by atoms with Crippen LogP contribution in [0.5, 0.6) is 0 Å². The van der Waals surface area contributed by atoms with Crippen LogP contribution in [0.25, 0.3) is 0 Å². The van der Waals surface area contributed by atoms with Crippen molar-refractivity contribution < 1.29 is 29.0 Å². The molecule has 6 nitrogen and oxygen atoms in total. The standard InChI is InChI=1S/C13H20O6/c1-9(12(15)16)10(13(17)19-3)7-5-4-6-8-11(14)18-2/h10H,1,4-8H2,2-3H3,(H,15,16). The van der Waals surface area contributed by atoms with Gasteiger partial charge in [0.25, 0.3) is 0 Å². The number of esters is 2. The molecule has 0 amide bonds. The van der Waals surface area contributed by atoms with Gasteiger partial charge in [-0.2, -0.15) is 0 Å². The minimum Gasteiger partial charge on any atom is -0.478 e. The van der Waals surface area contributed by atoms with Gasteiger partial charge in [0.05, 0.1) is 20.1 Å². The Hall–Kier alpha value is -1.85. The average molecular weight is 272 g/mol. The van der Waals surface area contributed by atoms with Crippen LogP contribution in [0.2, 0.25) is 0 Å². The smallest absolute Gasteiger partial charge is 0.331 e. The zero-order valence-electron chi connectivity index (χ0n) is 11.3. The highest BCUT2D eigenvalue weighted by atomic mass is 16.5. The summed E-state index contributed by atoms with van der Waals surface area (Å²) in [6.45, 7) is 3.39. The van der Waals surface area contributed by atoms with Gasteiger partial charge in [0.2, 0.25) is 0 Å². The molecule has 1 unspecified atom stereocenters. The van der Waals surface area contributed by atoms with E-state index in [4.69, 9.17) is 5.11 Å². The highest BCUT2D eigenvalue weighted by Crippen LogP contribution is 2.19. The van der Waals surface area contributed by atoms with Crippen molar-refractivity contribution in [1.29, 1.82) is 0 Å². The van der Waals surface area contributed by atoms with Crippen LogP contribution in [-0.2, 0) is 23.9 Å². The minimum atomic E-state index is -1.20. The molecule has 0 saturated carbocycles. The third-order valence-electron chi connectivity index (χ3n) is 2.78. The van der Waals surface area contributed by atoms with Crippen LogP contribution in [0.4, 0.5) is 0 Å². The van der Waals surface area contributed by atoms with Crippen molar-refractivity contribution in [1.82, 2.24) is 0 Å². The van der Waals surface area contributed by atoms with Gasteiger partial charge in [-0.3, -0.25) is 9.59 Å². The number of hydrogen-bond donors (Lipinski definition) is 1. The summed E-state index contributed by atoms with van der Waals surface area (Å²) < 4.78 is 9.06. The molecule has 0 rings (SSSR count). The van der Waals surface area contributed by atoms with Crippen molar-refractivity contribution in [2.75, 3.05) is 14.2 Å². The highest BCUT2D eigenvalue weighted by Gasteiger charge is 2.26. The number of aliphatic carboxylic acids is 1. The first-order valence-electron chi connectivity index (χ1n) is 6.00. The lowest BCUT2D eigenvalue weighted by atomic mass is 9.94. The van der Waals surface area contributed by atoms with Gasteiger partial charge in [0.15, 0.2) is 0 Å². The maximum atomic E-state index is 11.5. The number of carboxylic acids is 1. The zero-order valence-corrected chi connectivity index (χ0v) is 11.3. The first-order chi connectivity index (χ1) is 8.93. The van der Waals surface area contributed by atoms with Crippen LogP contribution in [0.3, 0.4) is 0 Å². The van der Waals surface area contributed by atoms with Crippen molar-refractivity contribution in [3.63, 3.8) is 0 Å². The molecule has 0 aliphatic rings. The van der Waals surface area contributed by atoms with Gasteiger partial charge in [0, 0.05) is 12.0 Å². The van der Waals surface area contributed by atoms with Gasteiger partial charge >= 0.3 is 17.9 Å². The van der Waals surface area contributed by atoms with Crippen molar-refractivity contribution in [2.24, 2.45) is 5.92 Å². The van der Waals surface area contributed by atoms with E-state index in [2.05, 4.69) is 16.1 Å². The number of carbonyl (C=O) groups is 3. The molecular formula is C13H20O6. The van der Waals surface area contributed by atoms with Gasteiger partial charge in [-0.15, -0.1) is 0 Å². The Bertz CT molecular complexity index is 347. The SMILES string of the molecule is C=C(C(=O)O)C(CCCCCC(=O)OC)C(=O)OC. The van der Waals surface area contributed by atoms with E-state index >= 15 is 0 Å². The fraction of sp³-hybridized carbons (Fsp3) is 0.615. The molecule has 108 valence electrons. The van der Waals surface area contributed by atoms with Gasteiger partial charge in [-0.1, -0.05) is 19.4 Å². The summed E-state index contributed by atoms with van der Waals surface area (Å²) in [5, 5.41) is 8.84. The number of carboxylic acid groups (broad SMARTS) is 1. The number of unbranched alkanes of at least 4 members (excludes halogenated alkanes) is 2. The second kappa shape index (κ2) is 9.13. The summed E-state index contributed by atoms with van der Waals surface area (Å²) >= 11 is 0. The Morgan fingerprint density at radius 3 is 2.21 bits per heavy atom. The van der Waals surface area contributed by atoms with Crippen LogP contribution >= 0.6 is 0 Å². The number of carbonyl (C=O) groups excluding carboxylic acids is 2. The molecule has 0 heterocycles. The minimum absolute atomic E-state index is 0.167. The average Bonchev–Trinajstić information content (AvgIpc) is 2.40. The summed E-state index contributed by atoms with van der Waals surface area (Å²) in [5.74, 6) is -2.91. The lowest BCUT2D eigenvalue weighted by Gasteiger charge is -2.14. The van der Waals surface area contributed by atoms with Crippen LogP contribution in [0, 0.1) is 5.92 Å². The summed E-state index contributed by atoms with van der Waals surface area (Å²) in [7, 11) is 2.54. The summed E-state index contributed by atoms with van der Waals surface area (Å²) in [6.07, 6.45) is 2.62. The topological polar surface area (TPSA) is 89.9 Å². The molecular weight excluding hydrogens is 252 g/mol. The van der Waals surface area contributed by atoms with Crippen LogP contribution in [-0.4, -0.2) is 37.2 Å². The van der Waals surface area contributed by atoms with Gasteiger partial charge in [-0.25, -0.2) is 4.79 Å². The normalized spacial score (nSPS) is 11.5. The number of hydrogen-bond acceptors (Lipinski definition) is 5. The third-order valence-corrected chi connectivity index (χ3v) is 2.78. The first-order valence-corrected chi connectivity index (χ1v) is 6.00. The number of ether oxygens (including phenoxy) is 2. The summed E-state index contributed by atoms with van der Waals surface area (Å²) in [6, 6.07) is 0. The fourth-order valence-electron chi connectivity index (χ4n) is 1.62. The predicted octanol–water partition coefficient (Wildman–Crippen LogP) is 1.54. The maximum Gasteiger partial charge on any atom is 0.331 e. The van der Waals surface area contributed by atoms with E-state index in [1.807, 2.05) is 0 Å². The van der Waals surface area contributed by atoms with Gasteiger partial charge < -0.3 is 14.6 Å². The second-order valence-electron chi connectivity index (χ2n) is 4.08. The molecule has 0 aromatic carbocycles. The first kappa shape index (κ1) is 17.2. The molecule has 1 N–H and O–H groups in total. The van der Waals surface area contributed by atoms with E-state index in [0.29, 0.717) is 32.1 Å². The zero-order chi connectivity index (χ0) is 14.8. The summed E-state index contributed by atoms with van der Waals surface area (Å²) in [5.41, 5.74) is -0.167. The molecule has 0 aliphatic carbocycles. The molecule has 0 radical (unpaired) electrons. The molecule has 0 fully saturated rings. The van der Waals surface area contributed by atoms with Crippen LogP contribution < -0.4 is 0 Å². The molecule has 0 spiro atoms. The Morgan fingerprint density at radius 1 is 1.11 bits per heavy atom. The molecule has 0 aromatic heterocycles. The lowest BCUT2D eigenvalue weighted by molar-refractivity contribution is -0.147. The largest absolute Gasteiger partial charge is 0.478 e. The summed E-state index contributed by atoms with van der Waals surface area (Å²) in [4.78, 5) is 33.1. The Labute approximate surface area is 112 Å². The van der Waals surface area contributed by atoms with Gasteiger partial charge in [-0.05, 0) is 12.8 Å². The lowest BCUT2D eigenvalue weighted by Crippen LogP contribution is -2.22. The quantitative estimate of drug-likeness (QED) is 0.389. The maximum absolute atomic E-state index is 11.5. The van der Waals surface area contributed by atoms with Gasteiger partial charge in [0.1, 0.15) is 0 Å². The number of methoxy groups -OCH3 is 2. The molecule has 0 saturated heterocycles. The third kappa shape index (κ3) is 6.59. The van der Waals surface area contributed by atoms with Crippen LogP contribution in [0.1, 0.15) is 32.1 Å². The van der Waals surface area contributed by atoms with E-state index in [1.54, 1.807) is 0 Å². The Morgan fingerprint density at radius 2 is 1.74 bits per heavy atom. The highest BCUT2D eigenvalue weighted by molar-refractivity contribution is 5.93. The Balaban J connectivity index is 4.14. The van der Waals surface area contributed by atoms with Crippen LogP contribution in [0.15, 0.2) is 12.2 Å². The van der Waals surface area contributed by atoms with Crippen molar-refractivity contribution in [3.05, 3.63) is 12.2 Å². The van der Waals surface area contributed by atoms with E-state index in [1.165, 1.54) is 14.2 Å². The number of rotatable bonds is 9. The Kier molecular flexibility index (Phi) is 8.24. The molecule has 6 heteroatoms. The predicted molar refractivity (Wildman–Crippen MR) is 67.4 cm³/mol. The van der Waals surface area contributed by atoms with E-state index in [0.717, 1.165) is 0 Å². The molecule has 1 atom stereocenters. The molecule has 0 bridgehead atoms. The van der Waals surface area contributed by atoms with Crippen molar-refractivity contribution >= 4 is 17.9 Å². The monoisotopic (exact) mass is 272 g/mol. The van der Waals surface area contributed by atoms with E-state index in [9.17, 15) is 14.4 Å². The molecule has 0 aromatic rings.